The van der Waals surface area contributed by atoms with Crippen LogP contribution in [-0.2, 0) is 14.4 Å². The zero-order valence-electron chi connectivity index (χ0n) is 9.68. The Kier molecular flexibility index (Phi) is 6.88. The Bertz CT molecular complexity index is 292. The molecule has 0 aromatic heterocycles. The summed E-state index contributed by atoms with van der Waals surface area (Å²) in [4.78, 5) is 32.7. The summed E-state index contributed by atoms with van der Waals surface area (Å²) >= 11 is 0. The summed E-state index contributed by atoms with van der Waals surface area (Å²) in [5, 5.41) is 19.4. The van der Waals surface area contributed by atoms with E-state index in [9.17, 15) is 14.4 Å². The van der Waals surface area contributed by atoms with Crippen molar-refractivity contribution in [2.45, 2.75) is 32.2 Å². The van der Waals surface area contributed by atoms with E-state index < -0.39 is 30.3 Å². The van der Waals surface area contributed by atoms with Crippen LogP contribution in [-0.4, -0.2) is 40.6 Å². The van der Waals surface area contributed by atoms with E-state index >= 15 is 0 Å². The highest BCUT2D eigenvalue weighted by molar-refractivity contribution is 5.87. The molecule has 0 rings (SSSR count). The number of carboxylic acids is 2. The molecule has 0 aromatic rings. The van der Waals surface area contributed by atoms with E-state index in [0.717, 1.165) is 0 Å². The molecule has 0 aliphatic carbocycles. The van der Waals surface area contributed by atoms with Crippen LogP contribution in [0, 0.1) is 5.92 Å². The molecule has 0 saturated heterocycles. The van der Waals surface area contributed by atoms with Gasteiger partial charge in [0.15, 0.2) is 0 Å². The summed E-state index contributed by atoms with van der Waals surface area (Å²) in [5.41, 5.74) is 5.29. The molecule has 0 bridgehead atoms. The fraction of sp³-hybridized carbons (Fsp3) is 0.700. The molecule has 98 valence electrons. The van der Waals surface area contributed by atoms with E-state index in [0.29, 0.717) is 19.4 Å². The molecule has 17 heavy (non-hydrogen) atoms. The lowest BCUT2D eigenvalue weighted by atomic mass is 10.0. The lowest BCUT2D eigenvalue weighted by Crippen LogP contribution is -2.44. The second-order valence-corrected chi connectivity index (χ2v) is 3.83. The van der Waals surface area contributed by atoms with E-state index in [1.54, 1.807) is 6.92 Å². The number of carbonyl (C=O) groups excluding carboxylic acids is 1. The maximum Gasteiger partial charge on any atom is 0.326 e. The normalized spacial score (nSPS) is 13.8. The lowest BCUT2D eigenvalue weighted by molar-refractivity contribution is -0.147. The first-order valence-electron chi connectivity index (χ1n) is 5.33. The summed E-state index contributed by atoms with van der Waals surface area (Å²) < 4.78 is 0. The lowest BCUT2D eigenvalue weighted by Gasteiger charge is -2.16. The van der Waals surface area contributed by atoms with Gasteiger partial charge in [-0.1, -0.05) is 6.92 Å². The Balaban J connectivity index is 4.29. The predicted molar refractivity (Wildman–Crippen MR) is 59.3 cm³/mol. The Morgan fingerprint density at radius 1 is 1.29 bits per heavy atom. The molecule has 1 amide bonds. The van der Waals surface area contributed by atoms with Gasteiger partial charge in [0.1, 0.15) is 6.04 Å². The monoisotopic (exact) mass is 246 g/mol. The Labute approximate surface area is 99.0 Å². The average Bonchev–Trinajstić information content (AvgIpc) is 2.23. The first kappa shape index (κ1) is 15.4. The fourth-order valence-electron chi connectivity index (χ4n) is 1.24. The number of hydrogen-bond acceptors (Lipinski definition) is 4. The van der Waals surface area contributed by atoms with E-state index in [-0.39, 0.29) is 5.92 Å². The molecular formula is C10H18N2O5. The van der Waals surface area contributed by atoms with Crippen molar-refractivity contribution < 1.29 is 24.6 Å². The molecule has 7 nitrogen and oxygen atoms in total. The van der Waals surface area contributed by atoms with E-state index in [2.05, 4.69) is 5.32 Å². The van der Waals surface area contributed by atoms with Crippen molar-refractivity contribution in [2.75, 3.05) is 6.54 Å². The number of rotatable bonds is 8. The summed E-state index contributed by atoms with van der Waals surface area (Å²) in [6.45, 7) is 2.10. The first-order chi connectivity index (χ1) is 7.88. The van der Waals surface area contributed by atoms with E-state index in [4.69, 9.17) is 15.9 Å². The van der Waals surface area contributed by atoms with Crippen LogP contribution in [0.1, 0.15) is 26.2 Å². The number of amides is 1. The van der Waals surface area contributed by atoms with Crippen molar-refractivity contribution in [3.63, 3.8) is 0 Å². The van der Waals surface area contributed by atoms with Crippen molar-refractivity contribution in [3.8, 4) is 0 Å². The number of nitrogens with two attached hydrogens (primary N) is 1. The van der Waals surface area contributed by atoms with Gasteiger partial charge in [-0.05, 0) is 19.4 Å². The number of aliphatic carboxylic acids is 2. The Morgan fingerprint density at radius 3 is 2.29 bits per heavy atom. The minimum atomic E-state index is -1.39. The third-order valence-electron chi connectivity index (χ3n) is 2.28. The molecule has 0 unspecified atom stereocenters. The molecule has 5 N–H and O–H groups in total. The minimum absolute atomic E-state index is 0.380. The summed E-state index contributed by atoms with van der Waals surface area (Å²) in [7, 11) is 0. The highest BCUT2D eigenvalue weighted by Gasteiger charge is 2.24. The number of hydrogen-bond donors (Lipinski definition) is 4. The molecule has 0 aromatic carbocycles. The fourth-order valence-corrected chi connectivity index (χ4v) is 1.24. The number of carbonyl (C=O) groups is 3. The van der Waals surface area contributed by atoms with Crippen LogP contribution in [0.25, 0.3) is 0 Å². The third kappa shape index (κ3) is 6.52. The zero-order chi connectivity index (χ0) is 13.4. The smallest absolute Gasteiger partial charge is 0.326 e. The average molecular weight is 246 g/mol. The summed E-state index contributed by atoms with van der Waals surface area (Å²) in [5.74, 6) is -3.47. The van der Waals surface area contributed by atoms with Gasteiger partial charge in [-0.15, -0.1) is 0 Å². The van der Waals surface area contributed by atoms with Gasteiger partial charge in [-0.3, -0.25) is 9.59 Å². The van der Waals surface area contributed by atoms with Crippen LogP contribution in [0.3, 0.4) is 0 Å². The topological polar surface area (TPSA) is 130 Å². The Hall–Kier alpha value is -1.63. The largest absolute Gasteiger partial charge is 0.481 e. The van der Waals surface area contributed by atoms with Gasteiger partial charge >= 0.3 is 11.9 Å². The third-order valence-corrected chi connectivity index (χ3v) is 2.28. The second-order valence-electron chi connectivity index (χ2n) is 3.83. The van der Waals surface area contributed by atoms with Gasteiger partial charge in [0, 0.05) is 5.92 Å². The van der Waals surface area contributed by atoms with Crippen LogP contribution < -0.4 is 11.1 Å². The van der Waals surface area contributed by atoms with Crippen LogP contribution in [0.5, 0.6) is 0 Å². The van der Waals surface area contributed by atoms with Crippen LogP contribution in [0.2, 0.25) is 0 Å². The standard InChI is InChI=1S/C10H18N2O5/c1-6(3-2-4-11)9(15)12-7(10(16)17)5-8(13)14/h6-7H,2-5,11H2,1H3,(H,12,15)(H,13,14)(H,16,17)/t6-,7+/m0/s1. The van der Waals surface area contributed by atoms with E-state index in [1.807, 2.05) is 0 Å². The zero-order valence-corrected chi connectivity index (χ0v) is 9.68. The predicted octanol–water partition coefficient (Wildman–Crippen LogP) is -0.594. The molecule has 2 atom stereocenters. The molecule has 0 saturated carbocycles. The van der Waals surface area contributed by atoms with Gasteiger partial charge in [-0.2, -0.15) is 0 Å². The molecule has 0 radical (unpaired) electrons. The van der Waals surface area contributed by atoms with Gasteiger partial charge in [0.05, 0.1) is 6.42 Å². The highest BCUT2D eigenvalue weighted by atomic mass is 16.4. The first-order valence-corrected chi connectivity index (χ1v) is 5.33. The van der Waals surface area contributed by atoms with E-state index in [1.165, 1.54) is 0 Å². The molecule has 7 heteroatoms. The SMILES string of the molecule is C[C@@H](CCCN)C(=O)N[C@H](CC(=O)O)C(=O)O. The highest BCUT2D eigenvalue weighted by Crippen LogP contribution is 2.06. The van der Waals surface area contributed by atoms with Crippen molar-refractivity contribution in [2.24, 2.45) is 11.7 Å². The molecule has 0 aliphatic heterocycles. The van der Waals surface area contributed by atoms with Crippen molar-refractivity contribution in [3.05, 3.63) is 0 Å². The summed E-state index contributed by atoms with van der Waals surface area (Å²) in [6, 6.07) is -1.39. The van der Waals surface area contributed by atoms with Gasteiger partial charge in [0.2, 0.25) is 5.91 Å². The molecule has 0 fully saturated rings. The van der Waals surface area contributed by atoms with Crippen molar-refractivity contribution >= 4 is 17.8 Å². The molecule has 0 aliphatic rings. The van der Waals surface area contributed by atoms with Crippen LogP contribution >= 0.6 is 0 Å². The number of nitrogens with one attached hydrogen (secondary N) is 1. The summed E-state index contributed by atoms with van der Waals surface area (Å²) in [6.07, 6.45) is 0.567. The molecular weight excluding hydrogens is 228 g/mol. The molecule has 0 spiro atoms. The maximum absolute atomic E-state index is 11.5. The quantitative estimate of drug-likeness (QED) is 0.452. The maximum atomic E-state index is 11.5. The van der Waals surface area contributed by atoms with Crippen molar-refractivity contribution in [1.29, 1.82) is 0 Å². The van der Waals surface area contributed by atoms with Gasteiger partial charge in [0.25, 0.3) is 0 Å². The molecule has 0 heterocycles. The van der Waals surface area contributed by atoms with Crippen molar-refractivity contribution in [1.82, 2.24) is 5.32 Å². The second kappa shape index (κ2) is 7.61. The van der Waals surface area contributed by atoms with Crippen LogP contribution in [0.4, 0.5) is 0 Å². The Morgan fingerprint density at radius 2 is 1.88 bits per heavy atom. The van der Waals surface area contributed by atoms with Gasteiger partial charge in [-0.25, -0.2) is 4.79 Å². The number of carboxylic acid groups (broad SMARTS) is 2. The van der Waals surface area contributed by atoms with Crippen LogP contribution in [0.15, 0.2) is 0 Å². The van der Waals surface area contributed by atoms with Gasteiger partial charge < -0.3 is 21.3 Å². The minimum Gasteiger partial charge on any atom is -0.481 e.